The quantitative estimate of drug-likeness (QED) is 0.700. The number of rotatable bonds is 2. The molecular weight excluding hydrogens is 176 g/mol. The first-order valence-corrected chi connectivity index (χ1v) is 3.59. The Morgan fingerprint density at radius 2 is 2.08 bits per heavy atom. The third kappa shape index (κ3) is 2.15. The van der Waals surface area contributed by atoms with Crippen LogP contribution in [0.2, 0.25) is 0 Å². The first-order chi connectivity index (χ1) is 6.15. The lowest BCUT2D eigenvalue weighted by Gasteiger charge is -2.04. The molecule has 13 heavy (non-hydrogen) atoms. The van der Waals surface area contributed by atoms with E-state index in [1.807, 2.05) is 0 Å². The van der Waals surface area contributed by atoms with Gasteiger partial charge in [0.25, 0.3) is 0 Å². The smallest absolute Gasteiger partial charge is 0.316 e. The summed E-state index contributed by atoms with van der Waals surface area (Å²) in [6, 6.07) is 3.90. The molecule has 0 spiro atoms. The maximum Gasteiger partial charge on any atom is 0.316 e. The van der Waals surface area contributed by atoms with Crippen molar-refractivity contribution in [2.75, 3.05) is 0 Å². The Morgan fingerprint density at radius 3 is 2.54 bits per heavy atom. The van der Waals surface area contributed by atoms with E-state index in [4.69, 9.17) is 11.7 Å². The normalized spacial score (nSPS) is 12.5. The van der Waals surface area contributed by atoms with Gasteiger partial charge in [-0.05, 0) is 12.1 Å². The van der Waals surface area contributed by atoms with Gasteiger partial charge in [0.05, 0.1) is 0 Å². The lowest BCUT2D eigenvalue weighted by molar-refractivity contribution is 0.130. The molecule has 1 aromatic carbocycles. The molecule has 0 aliphatic carbocycles. The molecule has 1 aromatic rings. The number of hydrogen-bond acceptors (Lipinski definition) is 1. The van der Waals surface area contributed by atoms with Crippen molar-refractivity contribution in [1.82, 2.24) is 0 Å². The molecule has 1 rings (SSSR count). The van der Waals surface area contributed by atoms with Crippen molar-refractivity contribution in [1.29, 1.82) is 0 Å². The predicted molar refractivity (Wildman–Crippen MR) is 43.5 cm³/mol. The predicted octanol–water partition coefficient (Wildman–Crippen LogP) is 2.62. The third-order valence-corrected chi connectivity index (χ3v) is 1.59. The van der Waals surface area contributed by atoms with E-state index in [1.54, 1.807) is 0 Å². The fraction of sp³-hybridized carbons (Fsp3) is 0.222. The minimum absolute atomic E-state index is 0.105. The Labute approximate surface area is 74.3 Å². The zero-order valence-corrected chi connectivity index (χ0v) is 6.61. The maximum absolute atomic E-state index is 12.2. The van der Waals surface area contributed by atoms with Gasteiger partial charge in [0, 0.05) is 5.56 Å². The molecule has 0 aliphatic rings. The van der Waals surface area contributed by atoms with Crippen LogP contribution in [-0.2, 0) is 0 Å². The summed E-state index contributed by atoms with van der Waals surface area (Å²) in [7, 11) is 0. The molecule has 68 valence electrons. The van der Waals surface area contributed by atoms with Crippen LogP contribution in [0, 0.1) is 6.57 Å². The molecule has 0 amide bonds. The zero-order chi connectivity index (χ0) is 9.84. The highest BCUT2D eigenvalue weighted by Gasteiger charge is 2.27. The Morgan fingerprint density at radius 1 is 1.38 bits per heavy atom. The molecule has 0 aliphatic heterocycles. The molecule has 0 radical (unpaired) electrons. The molecule has 0 aromatic heterocycles. The van der Waals surface area contributed by atoms with E-state index in [1.165, 1.54) is 24.3 Å². The number of phenolic OH excluding ortho intramolecular Hbond substituents is 1. The highest BCUT2D eigenvalue weighted by atomic mass is 19.3. The standard InChI is InChI=1S/C9H7F2NO/c1-12-8(9(10)11)6-3-2-4-7(13)5-6/h2-5,8-9,13H. The van der Waals surface area contributed by atoms with Crippen LogP contribution in [0.5, 0.6) is 5.75 Å². The van der Waals surface area contributed by atoms with Crippen LogP contribution in [0.3, 0.4) is 0 Å². The molecule has 1 atom stereocenters. The molecular formula is C9H7F2NO. The second-order valence-corrected chi connectivity index (χ2v) is 2.50. The summed E-state index contributed by atoms with van der Waals surface area (Å²) >= 11 is 0. The molecule has 4 heteroatoms. The average Bonchev–Trinajstić information content (AvgIpc) is 2.04. The van der Waals surface area contributed by atoms with Crippen molar-refractivity contribution in [3.8, 4) is 5.75 Å². The maximum atomic E-state index is 12.2. The third-order valence-electron chi connectivity index (χ3n) is 1.59. The largest absolute Gasteiger partial charge is 0.508 e. The van der Waals surface area contributed by atoms with E-state index in [-0.39, 0.29) is 11.3 Å². The number of phenols is 1. The van der Waals surface area contributed by atoms with E-state index in [9.17, 15) is 8.78 Å². The highest BCUT2D eigenvalue weighted by Crippen LogP contribution is 2.26. The summed E-state index contributed by atoms with van der Waals surface area (Å²) in [5.74, 6) is -0.105. The van der Waals surface area contributed by atoms with Gasteiger partial charge in [0.2, 0.25) is 0 Å². The van der Waals surface area contributed by atoms with Crippen molar-refractivity contribution in [2.45, 2.75) is 12.5 Å². The summed E-state index contributed by atoms with van der Waals surface area (Å²) in [5, 5.41) is 8.99. The minimum Gasteiger partial charge on any atom is -0.508 e. The topological polar surface area (TPSA) is 24.6 Å². The first kappa shape index (κ1) is 9.46. The number of nitrogens with zero attached hydrogens (tertiary/aromatic N) is 1. The van der Waals surface area contributed by atoms with Crippen LogP contribution in [0.4, 0.5) is 8.78 Å². The summed E-state index contributed by atoms with van der Waals surface area (Å²) in [5.41, 5.74) is 0.144. The van der Waals surface area contributed by atoms with Crippen LogP contribution in [0.25, 0.3) is 4.85 Å². The molecule has 1 N–H and O–H groups in total. The lowest BCUT2D eigenvalue weighted by Crippen LogP contribution is -2.03. The van der Waals surface area contributed by atoms with E-state index in [0.29, 0.717) is 0 Å². The van der Waals surface area contributed by atoms with Crippen LogP contribution < -0.4 is 0 Å². The number of aromatic hydroxyl groups is 1. The molecule has 0 heterocycles. The molecule has 0 saturated heterocycles. The molecule has 0 fully saturated rings. The Bertz CT molecular complexity index is 333. The average molecular weight is 183 g/mol. The van der Waals surface area contributed by atoms with Crippen molar-refractivity contribution in [2.24, 2.45) is 0 Å². The van der Waals surface area contributed by atoms with Crippen molar-refractivity contribution in [3.63, 3.8) is 0 Å². The lowest BCUT2D eigenvalue weighted by atomic mass is 10.1. The van der Waals surface area contributed by atoms with Gasteiger partial charge in [-0.25, -0.2) is 15.4 Å². The van der Waals surface area contributed by atoms with Crippen molar-refractivity contribution in [3.05, 3.63) is 41.2 Å². The monoisotopic (exact) mass is 183 g/mol. The van der Waals surface area contributed by atoms with Crippen LogP contribution in [0.15, 0.2) is 24.3 Å². The number of halogens is 2. The van der Waals surface area contributed by atoms with Crippen LogP contribution >= 0.6 is 0 Å². The van der Waals surface area contributed by atoms with Crippen molar-refractivity contribution < 1.29 is 13.9 Å². The number of benzene rings is 1. The van der Waals surface area contributed by atoms with Gasteiger partial charge in [-0.2, -0.15) is 0 Å². The van der Waals surface area contributed by atoms with Crippen LogP contribution in [-0.4, -0.2) is 11.5 Å². The molecule has 0 saturated carbocycles. The van der Waals surface area contributed by atoms with E-state index in [2.05, 4.69) is 4.85 Å². The molecule has 0 bridgehead atoms. The van der Waals surface area contributed by atoms with E-state index >= 15 is 0 Å². The zero-order valence-electron chi connectivity index (χ0n) is 6.61. The van der Waals surface area contributed by atoms with Gasteiger partial charge >= 0.3 is 12.5 Å². The summed E-state index contributed by atoms with van der Waals surface area (Å²) in [4.78, 5) is 2.79. The molecule has 2 nitrogen and oxygen atoms in total. The van der Waals surface area contributed by atoms with Gasteiger partial charge in [-0.1, -0.05) is 12.1 Å². The summed E-state index contributed by atoms with van der Waals surface area (Å²) < 4.78 is 24.4. The number of alkyl halides is 2. The second-order valence-electron chi connectivity index (χ2n) is 2.50. The first-order valence-electron chi connectivity index (χ1n) is 3.59. The Kier molecular flexibility index (Phi) is 2.80. The fourth-order valence-corrected chi connectivity index (χ4v) is 0.985. The Balaban J connectivity index is 3.00. The summed E-state index contributed by atoms with van der Waals surface area (Å²) in [6.45, 7) is 6.56. The van der Waals surface area contributed by atoms with Gasteiger partial charge in [-0.15, -0.1) is 0 Å². The van der Waals surface area contributed by atoms with Gasteiger partial charge in [0.15, 0.2) is 0 Å². The minimum atomic E-state index is -2.72. The van der Waals surface area contributed by atoms with Crippen LogP contribution in [0.1, 0.15) is 11.6 Å². The number of hydrogen-bond donors (Lipinski definition) is 1. The van der Waals surface area contributed by atoms with Gasteiger partial charge in [0.1, 0.15) is 5.75 Å². The van der Waals surface area contributed by atoms with Gasteiger partial charge < -0.3 is 9.95 Å². The van der Waals surface area contributed by atoms with E-state index < -0.39 is 12.5 Å². The fourth-order valence-electron chi connectivity index (χ4n) is 0.985. The van der Waals surface area contributed by atoms with Crippen molar-refractivity contribution >= 4 is 0 Å². The summed E-state index contributed by atoms with van der Waals surface area (Å²) in [6.07, 6.45) is -2.72. The van der Waals surface area contributed by atoms with E-state index in [0.717, 1.165) is 0 Å². The van der Waals surface area contributed by atoms with Gasteiger partial charge in [-0.3, -0.25) is 0 Å². The second kappa shape index (κ2) is 3.85. The SMILES string of the molecule is [C-]#[N+]C(c1cccc(O)c1)C(F)F. The Hall–Kier alpha value is -1.63. The highest BCUT2D eigenvalue weighted by molar-refractivity contribution is 5.31. The molecule has 1 unspecified atom stereocenters.